The van der Waals surface area contributed by atoms with Crippen LogP contribution in [0, 0.1) is 6.92 Å². The van der Waals surface area contributed by atoms with Crippen LogP contribution >= 0.6 is 0 Å². The Kier molecular flexibility index (Phi) is 4.70. The number of carbonyl (C=O) groups excluding carboxylic acids is 1. The van der Waals surface area contributed by atoms with Crippen LogP contribution in [0.3, 0.4) is 0 Å². The molecule has 136 valence electrons. The SMILES string of the molecule is Cc1ccc(C(=O)N2CC3(C[C@H](OCc4cccnc4)CCO3)C2)cn1. The lowest BCUT2D eigenvalue weighted by Crippen LogP contribution is -2.67. The Labute approximate surface area is 153 Å². The van der Waals surface area contributed by atoms with E-state index in [-0.39, 0.29) is 17.6 Å². The van der Waals surface area contributed by atoms with Gasteiger partial charge in [0, 0.05) is 37.3 Å². The fraction of sp³-hybridized carbons (Fsp3) is 0.450. The number of rotatable bonds is 4. The summed E-state index contributed by atoms with van der Waals surface area (Å²) in [7, 11) is 0. The highest BCUT2D eigenvalue weighted by Gasteiger charge is 2.49. The lowest BCUT2D eigenvalue weighted by molar-refractivity contribution is -0.188. The van der Waals surface area contributed by atoms with Gasteiger partial charge in [0.1, 0.15) is 5.60 Å². The second kappa shape index (κ2) is 7.13. The van der Waals surface area contributed by atoms with Gasteiger partial charge in [-0.15, -0.1) is 0 Å². The highest BCUT2D eigenvalue weighted by atomic mass is 16.5. The smallest absolute Gasteiger partial charge is 0.255 e. The Balaban J connectivity index is 1.31. The summed E-state index contributed by atoms with van der Waals surface area (Å²) in [4.78, 5) is 22.7. The van der Waals surface area contributed by atoms with Crippen molar-refractivity contribution in [1.29, 1.82) is 0 Å². The summed E-state index contributed by atoms with van der Waals surface area (Å²) in [5.41, 5.74) is 2.35. The number of amides is 1. The Morgan fingerprint density at radius 1 is 1.35 bits per heavy atom. The Bertz CT molecular complexity index is 758. The highest BCUT2D eigenvalue weighted by molar-refractivity contribution is 5.94. The fourth-order valence-electron chi connectivity index (χ4n) is 3.61. The van der Waals surface area contributed by atoms with Crippen molar-refractivity contribution in [3.05, 3.63) is 59.7 Å². The minimum absolute atomic E-state index is 0.0186. The molecule has 6 heteroatoms. The highest BCUT2D eigenvalue weighted by Crippen LogP contribution is 2.36. The molecule has 2 aliphatic rings. The van der Waals surface area contributed by atoms with E-state index in [2.05, 4.69) is 9.97 Å². The van der Waals surface area contributed by atoms with Crippen molar-refractivity contribution in [3.8, 4) is 0 Å². The summed E-state index contributed by atoms with van der Waals surface area (Å²) >= 11 is 0. The first-order chi connectivity index (χ1) is 12.6. The van der Waals surface area contributed by atoms with Crippen LogP contribution in [0.1, 0.15) is 34.5 Å². The topological polar surface area (TPSA) is 64.6 Å². The molecular formula is C20H23N3O3. The number of nitrogens with zero attached hydrogens (tertiary/aromatic N) is 3. The first kappa shape index (κ1) is 17.1. The fourth-order valence-corrected chi connectivity index (χ4v) is 3.61. The molecule has 2 aromatic heterocycles. The molecule has 2 fully saturated rings. The zero-order chi connectivity index (χ0) is 18.0. The number of hydrogen-bond acceptors (Lipinski definition) is 5. The van der Waals surface area contributed by atoms with E-state index >= 15 is 0 Å². The Morgan fingerprint density at radius 3 is 2.96 bits per heavy atom. The maximum absolute atomic E-state index is 12.5. The van der Waals surface area contributed by atoms with Crippen molar-refractivity contribution in [3.63, 3.8) is 0 Å². The minimum atomic E-state index is -0.258. The molecule has 2 saturated heterocycles. The molecule has 0 N–H and O–H groups in total. The second-order valence-corrected chi connectivity index (χ2v) is 7.17. The summed E-state index contributed by atoms with van der Waals surface area (Å²) in [6, 6.07) is 7.63. The zero-order valence-electron chi connectivity index (χ0n) is 14.9. The van der Waals surface area contributed by atoms with E-state index in [0.717, 1.165) is 24.1 Å². The van der Waals surface area contributed by atoms with Crippen LogP contribution in [0.2, 0.25) is 0 Å². The van der Waals surface area contributed by atoms with Gasteiger partial charge in [0.05, 0.1) is 31.4 Å². The third kappa shape index (κ3) is 3.61. The van der Waals surface area contributed by atoms with Gasteiger partial charge in [-0.3, -0.25) is 14.8 Å². The number of aromatic nitrogens is 2. The molecule has 0 aliphatic carbocycles. The van der Waals surface area contributed by atoms with Gasteiger partial charge in [-0.2, -0.15) is 0 Å². The van der Waals surface area contributed by atoms with Crippen molar-refractivity contribution < 1.29 is 14.3 Å². The summed E-state index contributed by atoms with van der Waals surface area (Å²) in [5.74, 6) is 0.0186. The van der Waals surface area contributed by atoms with Crippen LogP contribution in [-0.2, 0) is 16.1 Å². The van der Waals surface area contributed by atoms with Gasteiger partial charge in [-0.05, 0) is 37.1 Å². The van der Waals surface area contributed by atoms with Crippen molar-refractivity contribution in [2.45, 2.75) is 38.1 Å². The molecule has 2 aliphatic heterocycles. The summed E-state index contributed by atoms with van der Waals surface area (Å²) in [6.07, 6.45) is 7.10. The van der Waals surface area contributed by atoms with Crippen LogP contribution in [0.15, 0.2) is 42.9 Å². The lowest BCUT2D eigenvalue weighted by Gasteiger charge is -2.53. The quantitative estimate of drug-likeness (QED) is 0.844. The first-order valence-corrected chi connectivity index (χ1v) is 9.00. The van der Waals surface area contributed by atoms with E-state index in [1.165, 1.54) is 0 Å². The Morgan fingerprint density at radius 2 is 2.23 bits per heavy atom. The molecule has 0 saturated carbocycles. The van der Waals surface area contributed by atoms with E-state index in [4.69, 9.17) is 9.47 Å². The number of hydrogen-bond donors (Lipinski definition) is 0. The monoisotopic (exact) mass is 353 g/mol. The van der Waals surface area contributed by atoms with Gasteiger partial charge < -0.3 is 14.4 Å². The number of pyridine rings is 2. The molecule has 26 heavy (non-hydrogen) atoms. The number of carbonyl (C=O) groups is 1. The van der Waals surface area contributed by atoms with Crippen LogP contribution in [0.4, 0.5) is 0 Å². The van der Waals surface area contributed by atoms with Crippen LogP contribution < -0.4 is 0 Å². The van der Waals surface area contributed by atoms with Crippen molar-refractivity contribution in [2.24, 2.45) is 0 Å². The maximum Gasteiger partial charge on any atom is 0.255 e. The third-order valence-electron chi connectivity index (χ3n) is 5.06. The van der Waals surface area contributed by atoms with Gasteiger partial charge in [0.15, 0.2) is 0 Å². The second-order valence-electron chi connectivity index (χ2n) is 7.17. The molecule has 0 radical (unpaired) electrons. The molecule has 1 amide bonds. The molecule has 1 spiro atoms. The van der Waals surface area contributed by atoms with Gasteiger partial charge >= 0.3 is 0 Å². The van der Waals surface area contributed by atoms with Crippen LogP contribution in [-0.4, -0.2) is 52.2 Å². The predicted octanol–water partition coefficient (Wildman–Crippen LogP) is 2.38. The van der Waals surface area contributed by atoms with Crippen molar-refractivity contribution >= 4 is 5.91 Å². The minimum Gasteiger partial charge on any atom is -0.373 e. The van der Waals surface area contributed by atoms with E-state index in [0.29, 0.717) is 31.9 Å². The van der Waals surface area contributed by atoms with Crippen molar-refractivity contribution in [1.82, 2.24) is 14.9 Å². The van der Waals surface area contributed by atoms with Gasteiger partial charge in [0.2, 0.25) is 0 Å². The molecule has 4 rings (SSSR count). The largest absolute Gasteiger partial charge is 0.373 e. The van der Waals surface area contributed by atoms with E-state index in [1.54, 1.807) is 12.4 Å². The summed E-state index contributed by atoms with van der Waals surface area (Å²) in [5, 5.41) is 0. The zero-order valence-corrected chi connectivity index (χ0v) is 14.9. The Hall–Kier alpha value is -2.31. The maximum atomic E-state index is 12.5. The van der Waals surface area contributed by atoms with E-state index < -0.39 is 0 Å². The average Bonchev–Trinajstić information content (AvgIpc) is 2.65. The molecule has 1 atom stereocenters. The third-order valence-corrected chi connectivity index (χ3v) is 5.06. The van der Waals surface area contributed by atoms with Gasteiger partial charge in [-0.25, -0.2) is 0 Å². The lowest BCUT2D eigenvalue weighted by atomic mass is 9.84. The van der Waals surface area contributed by atoms with Gasteiger partial charge in [0.25, 0.3) is 5.91 Å². The molecule has 0 unspecified atom stereocenters. The van der Waals surface area contributed by atoms with E-state index in [9.17, 15) is 4.79 Å². The summed E-state index contributed by atoms with van der Waals surface area (Å²) < 4.78 is 12.1. The number of likely N-dealkylation sites (tertiary alicyclic amines) is 1. The molecule has 4 heterocycles. The molecule has 0 aromatic carbocycles. The molecular weight excluding hydrogens is 330 g/mol. The number of ether oxygens (including phenoxy) is 2. The molecule has 0 bridgehead atoms. The molecule has 6 nitrogen and oxygen atoms in total. The first-order valence-electron chi connectivity index (χ1n) is 9.00. The van der Waals surface area contributed by atoms with Crippen LogP contribution in [0.25, 0.3) is 0 Å². The molecule has 2 aromatic rings. The van der Waals surface area contributed by atoms with Crippen molar-refractivity contribution in [2.75, 3.05) is 19.7 Å². The van der Waals surface area contributed by atoms with Gasteiger partial charge in [-0.1, -0.05) is 6.07 Å². The summed E-state index contributed by atoms with van der Waals surface area (Å²) in [6.45, 7) is 4.38. The van der Waals surface area contributed by atoms with E-state index in [1.807, 2.05) is 42.3 Å². The average molecular weight is 353 g/mol. The van der Waals surface area contributed by atoms with Crippen LogP contribution in [0.5, 0.6) is 0 Å². The normalized spacial score (nSPS) is 21.4. The predicted molar refractivity (Wildman–Crippen MR) is 95.6 cm³/mol. The standard InChI is InChI=1S/C20H23N3O3/c1-15-4-5-17(11-22-15)19(24)23-13-20(14-23)9-18(6-8-26-20)25-12-16-3-2-7-21-10-16/h2-5,7,10-11,18H,6,8-9,12-14H2,1H3/t18-/m1/s1. The number of aryl methyl sites for hydroxylation is 1.